The highest BCUT2D eigenvalue weighted by molar-refractivity contribution is 5.77. The maximum Gasteiger partial charge on any atom is 0.188 e. The minimum absolute atomic E-state index is 0.515. The molecule has 0 spiro atoms. The lowest BCUT2D eigenvalue weighted by Gasteiger charge is -2.14. The summed E-state index contributed by atoms with van der Waals surface area (Å²) in [6.07, 6.45) is 0.949. The molecule has 5 heteroatoms. The zero-order valence-electron chi connectivity index (χ0n) is 12.5. The normalized spacial score (nSPS) is 11.8. The quantitative estimate of drug-likeness (QED) is 0.516. The monoisotopic (exact) mass is 278 g/mol. The lowest BCUT2D eigenvalue weighted by molar-refractivity contribution is 0.163. The Hall–Kier alpha value is -1.59. The van der Waals surface area contributed by atoms with E-state index in [4.69, 9.17) is 10.5 Å². The van der Waals surface area contributed by atoms with Gasteiger partial charge in [-0.3, -0.25) is 4.99 Å². The summed E-state index contributed by atoms with van der Waals surface area (Å²) in [5.41, 5.74) is 7.12. The van der Waals surface area contributed by atoms with Gasteiger partial charge < -0.3 is 20.7 Å². The van der Waals surface area contributed by atoms with Gasteiger partial charge in [0.2, 0.25) is 0 Å². The van der Waals surface area contributed by atoms with Crippen molar-refractivity contribution >= 4 is 5.96 Å². The zero-order chi connectivity index (χ0) is 14.6. The van der Waals surface area contributed by atoms with E-state index in [2.05, 4.69) is 27.3 Å². The fourth-order valence-electron chi connectivity index (χ4n) is 1.74. The first-order chi connectivity index (χ1) is 9.72. The van der Waals surface area contributed by atoms with Crippen LogP contribution in [-0.4, -0.2) is 57.8 Å². The van der Waals surface area contributed by atoms with E-state index in [0.29, 0.717) is 12.5 Å². The van der Waals surface area contributed by atoms with Gasteiger partial charge in [0.1, 0.15) is 0 Å². The lowest BCUT2D eigenvalue weighted by Crippen LogP contribution is -2.34. The number of likely N-dealkylation sites (N-methyl/N-ethyl adjacent to an activating group) is 1. The van der Waals surface area contributed by atoms with Crippen molar-refractivity contribution in [3.05, 3.63) is 35.9 Å². The Morgan fingerprint density at radius 2 is 2.05 bits per heavy atom. The van der Waals surface area contributed by atoms with Gasteiger partial charge in [-0.15, -0.1) is 0 Å². The number of guanidine groups is 1. The van der Waals surface area contributed by atoms with Gasteiger partial charge in [0.15, 0.2) is 5.96 Å². The van der Waals surface area contributed by atoms with E-state index in [-0.39, 0.29) is 0 Å². The highest BCUT2D eigenvalue weighted by atomic mass is 16.5. The van der Waals surface area contributed by atoms with Gasteiger partial charge in [-0.2, -0.15) is 0 Å². The van der Waals surface area contributed by atoms with Crippen LogP contribution in [0.5, 0.6) is 0 Å². The first-order valence-corrected chi connectivity index (χ1v) is 6.97. The van der Waals surface area contributed by atoms with Crippen LogP contribution in [0.3, 0.4) is 0 Å². The molecule has 0 saturated heterocycles. The fourth-order valence-corrected chi connectivity index (χ4v) is 1.74. The van der Waals surface area contributed by atoms with Gasteiger partial charge in [-0.1, -0.05) is 30.3 Å². The number of ether oxygens (including phenoxy) is 1. The summed E-state index contributed by atoms with van der Waals surface area (Å²) >= 11 is 0. The van der Waals surface area contributed by atoms with E-state index in [1.165, 1.54) is 5.56 Å². The third-order valence-corrected chi connectivity index (χ3v) is 3.00. The molecule has 0 fully saturated rings. The molecular formula is C15H26N4O. The maximum absolute atomic E-state index is 5.82. The van der Waals surface area contributed by atoms with Gasteiger partial charge in [-0.05, 0) is 19.0 Å². The second kappa shape index (κ2) is 10.2. The van der Waals surface area contributed by atoms with Crippen LogP contribution in [0.15, 0.2) is 35.3 Å². The first-order valence-electron chi connectivity index (χ1n) is 6.97. The number of methoxy groups -OCH3 is 1. The third kappa shape index (κ3) is 7.76. The Balaban J connectivity index is 2.12. The Morgan fingerprint density at radius 1 is 1.30 bits per heavy atom. The number of rotatable bonds is 9. The summed E-state index contributed by atoms with van der Waals surface area (Å²) in [4.78, 5) is 6.48. The Morgan fingerprint density at radius 3 is 2.75 bits per heavy atom. The summed E-state index contributed by atoms with van der Waals surface area (Å²) < 4.78 is 5.02. The second-order valence-electron chi connectivity index (χ2n) is 4.73. The van der Waals surface area contributed by atoms with Gasteiger partial charge in [0, 0.05) is 26.7 Å². The van der Waals surface area contributed by atoms with E-state index >= 15 is 0 Å². The number of benzene rings is 1. The molecule has 0 saturated carbocycles. The van der Waals surface area contributed by atoms with Crippen molar-refractivity contribution in [2.45, 2.75) is 6.42 Å². The molecule has 0 aliphatic carbocycles. The summed E-state index contributed by atoms with van der Waals surface area (Å²) in [5, 5.41) is 3.13. The van der Waals surface area contributed by atoms with Crippen LogP contribution in [-0.2, 0) is 11.2 Å². The highest BCUT2D eigenvalue weighted by Crippen LogP contribution is 1.97. The van der Waals surface area contributed by atoms with E-state index in [1.54, 1.807) is 7.11 Å². The van der Waals surface area contributed by atoms with Crippen molar-refractivity contribution in [3.63, 3.8) is 0 Å². The predicted octanol–water partition coefficient (Wildman–Crippen LogP) is 0.712. The smallest absolute Gasteiger partial charge is 0.188 e. The van der Waals surface area contributed by atoms with Crippen molar-refractivity contribution in [1.29, 1.82) is 0 Å². The molecule has 112 valence electrons. The topological polar surface area (TPSA) is 62.9 Å². The van der Waals surface area contributed by atoms with Crippen LogP contribution in [0, 0.1) is 0 Å². The Labute approximate surface area is 121 Å². The van der Waals surface area contributed by atoms with Gasteiger partial charge >= 0.3 is 0 Å². The van der Waals surface area contributed by atoms with Crippen molar-refractivity contribution < 1.29 is 4.74 Å². The predicted molar refractivity (Wildman–Crippen MR) is 84.0 cm³/mol. The van der Waals surface area contributed by atoms with Crippen LogP contribution in [0.4, 0.5) is 0 Å². The van der Waals surface area contributed by atoms with Gasteiger partial charge in [-0.25, -0.2) is 0 Å². The summed E-state index contributed by atoms with van der Waals surface area (Å²) in [7, 11) is 3.76. The summed E-state index contributed by atoms with van der Waals surface area (Å²) in [6, 6.07) is 10.3. The van der Waals surface area contributed by atoms with Crippen molar-refractivity contribution in [1.82, 2.24) is 10.2 Å². The van der Waals surface area contributed by atoms with Crippen LogP contribution < -0.4 is 11.1 Å². The van der Waals surface area contributed by atoms with Gasteiger partial charge in [0.05, 0.1) is 13.2 Å². The molecule has 5 nitrogen and oxygen atoms in total. The molecule has 0 bridgehead atoms. The number of aliphatic imine (C=N–C) groups is 1. The molecule has 1 rings (SSSR count). The Bertz CT molecular complexity index is 381. The lowest BCUT2D eigenvalue weighted by atomic mass is 10.1. The number of nitrogens with zero attached hydrogens (tertiary/aromatic N) is 2. The number of nitrogens with two attached hydrogens (primary N) is 1. The van der Waals surface area contributed by atoms with E-state index in [0.717, 1.165) is 32.7 Å². The third-order valence-electron chi connectivity index (χ3n) is 3.00. The molecule has 1 aromatic carbocycles. The molecule has 0 heterocycles. The maximum atomic E-state index is 5.82. The van der Waals surface area contributed by atoms with E-state index in [1.807, 2.05) is 25.2 Å². The van der Waals surface area contributed by atoms with Crippen molar-refractivity contribution in [2.75, 3.05) is 46.9 Å². The van der Waals surface area contributed by atoms with E-state index in [9.17, 15) is 0 Å². The average Bonchev–Trinajstić information content (AvgIpc) is 2.46. The minimum Gasteiger partial charge on any atom is -0.383 e. The molecule has 1 aromatic rings. The standard InChI is InChI=1S/C15H26N4O/c1-19(12-13-20-2)11-10-18-15(16)17-9-8-14-6-4-3-5-7-14/h3-7H,8-13H2,1-2H3,(H3,16,17,18). The van der Waals surface area contributed by atoms with Crippen LogP contribution in [0.1, 0.15) is 5.56 Å². The van der Waals surface area contributed by atoms with Gasteiger partial charge in [0.25, 0.3) is 0 Å². The molecule has 0 aliphatic heterocycles. The van der Waals surface area contributed by atoms with Crippen LogP contribution in [0.25, 0.3) is 0 Å². The van der Waals surface area contributed by atoms with Crippen LogP contribution in [0.2, 0.25) is 0 Å². The molecule has 0 atom stereocenters. The average molecular weight is 278 g/mol. The molecule has 0 aliphatic rings. The molecule has 0 aromatic heterocycles. The first kappa shape index (κ1) is 16.5. The zero-order valence-corrected chi connectivity index (χ0v) is 12.5. The highest BCUT2D eigenvalue weighted by Gasteiger charge is 1.97. The fraction of sp³-hybridized carbons (Fsp3) is 0.533. The molecule has 3 N–H and O–H groups in total. The molecule has 20 heavy (non-hydrogen) atoms. The number of nitrogens with one attached hydrogen (secondary N) is 1. The van der Waals surface area contributed by atoms with E-state index < -0.39 is 0 Å². The number of hydrogen-bond acceptors (Lipinski definition) is 3. The largest absolute Gasteiger partial charge is 0.383 e. The summed E-state index contributed by atoms with van der Waals surface area (Å²) in [6.45, 7) is 4.03. The van der Waals surface area contributed by atoms with Crippen molar-refractivity contribution in [3.8, 4) is 0 Å². The molecule has 0 radical (unpaired) electrons. The SMILES string of the molecule is COCCN(C)CCN=C(N)NCCc1ccccc1. The minimum atomic E-state index is 0.515. The Kier molecular flexibility index (Phi) is 8.42. The van der Waals surface area contributed by atoms with Crippen LogP contribution >= 0.6 is 0 Å². The molecule has 0 unspecified atom stereocenters. The molecular weight excluding hydrogens is 252 g/mol. The second-order valence-corrected chi connectivity index (χ2v) is 4.73. The molecule has 0 amide bonds. The van der Waals surface area contributed by atoms with Crippen molar-refractivity contribution in [2.24, 2.45) is 10.7 Å². The summed E-state index contributed by atoms with van der Waals surface area (Å²) in [5.74, 6) is 0.515. The number of hydrogen-bond donors (Lipinski definition) is 2.